The van der Waals surface area contributed by atoms with E-state index in [9.17, 15) is 24.6 Å². The Bertz CT molecular complexity index is 1220. The summed E-state index contributed by atoms with van der Waals surface area (Å²) in [4.78, 5) is 42.7. The number of carbonyl (C=O) groups is 1. The van der Waals surface area contributed by atoms with Crippen LogP contribution in [-0.4, -0.2) is 42.4 Å². The minimum atomic E-state index is -1.35. The lowest BCUT2D eigenvalue weighted by Gasteiger charge is -2.32. The highest BCUT2D eigenvalue weighted by molar-refractivity contribution is 5.77. The summed E-state index contributed by atoms with van der Waals surface area (Å²) < 4.78 is 3.67. The minimum Gasteiger partial charge on any atom is -0.550 e. The number of aromatic nitrogens is 4. The number of benzene rings is 1. The number of aliphatic hydroxyl groups excluding tert-OH is 1. The third-order valence-corrected chi connectivity index (χ3v) is 5.13. The predicted octanol–water partition coefficient (Wildman–Crippen LogP) is -1.14. The first-order valence-corrected chi connectivity index (χ1v) is 9.20. The van der Waals surface area contributed by atoms with E-state index in [1.54, 1.807) is 9.47 Å². The molecule has 1 atom stereocenters. The van der Waals surface area contributed by atoms with Crippen molar-refractivity contribution in [3.05, 3.63) is 50.7 Å². The van der Waals surface area contributed by atoms with Crippen molar-refractivity contribution in [3.8, 4) is 0 Å². The summed E-state index contributed by atoms with van der Waals surface area (Å²) >= 11 is 0. The number of rotatable bonds is 4. The van der Waals surface area contributed by atoms with Crippen molar-refractivity contribution in [2.24, 2.45) is 7.05 Å². The van der Waals surface area contributed by atoms with Crippen molar-refractivity contribution in [1.82, 2.24) is 18.7 Å². The molecular formula is C19H20N5O5-. The van der Waals surface area contributed by atoms with Gasteiger partial charge in [-0.3, -0.25) is 13.9 Å². The van der Waals surface area contributed by atoms with Crippen LogP contribution in [0.3, 0.4) is 0 Å². The summed E-state index contributed by atoms with van der Waals surface area (Å²) in [5, 5.41) is 21.2. The molecule has 2 aromatic heterocycles. The lowest BCUT2D eigenvalue weighted by atomic mass is 10.2. The molecule has 1 N–H and O–H groups in total. The first-order valence-electron chi connectivity index (χ1n) is 9.20. The van der Waals surface area contributed by atoms with Gasteiger partial charge >= 0.3 is 5.69 Å². The Balaban J connectivity index is 1.95. The highest BCUT2D eigenvalue weighted by atomic mass is 16.4. The third-order valence-electron chi connectivity index (χ3n) is 5.13. The number of hydrogen-bond acceptors (Lipinski definition) is 7. The van der Waals surface area contributed by atoms with Crippen LogP contribution in [0.2, 0.25) is 0 Å². The zero-order chi connectivity index (χ0) is 20.9. The number of fused-ring (bicyclic) bond motifs is 3. The number of nitrogens with zero attached hydrogens (tertiary/aromatic N) is 5. The molecule has 1 aliphatic heterocycles. The van der Waals surface area contributed by atoms with Gasteiger partial charge in [0.1, 0.15) is 0 Å². The van der Waals surface area contributed by atoms with Crippen LogP contribution in [0.25, 0.3) is 11.2 Å². The lowest BCUT2D eigenvalue weighted by Crippen LogP contribution is -2.42. The molecule has 4 rings (SSSR count). The number of aliphatic hydroxyl groups is 1. The van der Waals surface area contributed by atoms with E-state index in [-0.39, 0.29) is 24.3 Å². The molecule has 1 aromatic carbocycles. The molecule has 3 heterocycles. The van der Waals surface area contributed by atoms with Crippen LogP contribution in [0.15, 0.2) is 33.9 Å². The van der Waals surface area contributed by atoms with Gasteiger partial charge in [0.2, 0.25) is 5.95 Å². The Hall–Kier alpha value is -3.40. The fourth-order valence-corrected chi connectivity index (χ4v) is 3.65. The van der Waals surface area contributed by atoms with E-state index in [0.29, 0.717) is 12.5 Å². The molecular weight excluding hydrogens is 378 g/mol. The number of aliphatic carboxylic acids is 1. The van der Waals surface area contributed by atoms with E-state index >= 15 is 0 Å². The van der Waals surface area contributed by atoms with E-state index in [4.69, 9.17) is 0 Å². The number of carboxylic acid groups (broad SMARTS) is 1. The number of anilines is 2. The highest BCUT2D eigenvalue weighted by Gasteiger charge is 2.30. The molecule has 0 fully saturated rings. The average Bonchev–Trinajstić information content (AvgIpc) is 3.05. The maximum Gasteiger partial charge on any atom is 0.332 e. The van der Waals surface area contributed by atoms with Crippen molar-refractivity contribution in [2.45, 2.75) is 32.5 Å². The van der Waals surface area contributed by atoms with Gasteiger partial charge in [-0.15, -0.1) is 0 Å². The van der Waals surface area contributed by atoms with Gasteiger partial charge in [-0.1, -0.05) is 17.7 Å². The summed E-state index contributed by atoms with van der Waals surface area (Å²) in [5.41, 5.74) is 0.927. The van der Waals surface area contributed by atoms with Crippen molar-refractivity contribution < 1.29 is 15.0 Å². The van der Waals surface area contributed by atoms with Gasteiger partial charge in [-0.2, -0.15) is 4.98 Å². The average molecular weight is 398 g/mol. The fourth-order valence-electron chi connectivity index (χ4n) is 3.65. The number of β-amino-alcohol motifs (C(OH)–C–C–N with tert-alkyl or cyclic N) is 1. The molecule has 1 aliphatic rings. The molecule has 0 radical (unpaired) electrons. The monoisotopic (exact) mass is 398 g/mol. The van der Waals surface area contributed by atoms with Gasteiger partial charge in [0.25, 0.3) is 5.56 Å². The SMILES string of the molecule is Cc1ccc(N2CC(O)Cn3c2nc2c3c(=O)n(CCC(=O)[O-])c(=O)n2C)cc1. The standard InChI is InChI=1S/C19H21N5O5/c1-11-3-5-12(6-4-11)23-9-13(25)10-24-15-16(20-18(23)24)21(2)19(29)22(17(15)28)8-7-14(26)27/h3-6,13,25H,7-10H2,1-2H3,(H,26,27)/p-1. The van der Waals surface area contributed by atoms with Crippen LogP contribution in [0.1, 0.15) is 12.0 Å². The second kappa shape index (κ2) is 6.89. The number of imidazole rings is 1. The van der Waals surface area contributed by atoms with E-state index < -0.39 is 29.7 Å². The Morgan fingerprint density at radius 1 is 1.24 bits per heavy atom. The Morgan fingerprint density at radius 3 is 2.59 bits per heavy atom. The zero-order valence-electron chi connectivity index (χ0n) is 16.0. The quantitative estimate of drug-likeness (QED) is 0.589. The molecule has 152 valence electrons. The molecule has 0 bridgehead atoms. The van der Waals surface area contributed by atoms with Gasteiger partial charge in [-0.05, 0) is 19.1 Å². The summed E-state index contributed by atoms with van der Waals surface area (Å²) in [6, 6.07) is 7.67. The fraction of sp³-hybridized carbons (Fsp3) is 0.368. The number of hydrogen-bond donors (Lipinski definition) is 1. The molecule has 0 aliphatic carbocycles. The smallest absolute Gasteiger partial charge is 0.332 e. The maximum absolute atomic E-state index is 13.0. The molecule has 0 amide bonds. The van der Waals surface area contributed by atoms with Gasteiger partial charge in [0, 0.05) is 31.7 Å². The summed E-state index contributed by atoms with van der Waals surface area (Å²) in [6.45, 7) is 2.10. The largest absolute Gasteiger partial charge is 0.550 e. The minimum absolute atomic E-state index is 0.141. The summed E-state index contributed by atoms with van der Waals surface area (Å²) in [6.07, 6.45) is -1.21. The number of carbonyl (C=O) groups excluding carboxylic acids is 1. The van der Waals surface area contributed by atoms with Crippen LogP contribution in [0, 0.1) is 6.92 Å². The maximum atomic E-state index is 13.0. The normalized spacial score (nSPS) is 16.2. The Morgan fingerprint density at radius 2 is 1.93 bits per heavy atom. The van der Waals surface area contributed by atoms with Crippen LogP contribution < -0.4 is 21.3 Å². The van der Waals surface area contributed by atoms with E-state index in [0.717, 1.165) is 15.8 Å². The second-order valence-corrected chi connectivity index (χ2v) is 7.21. The van der Waals surface area contributed by atoms with Gasteiger partial charge in [0.05, 0.1) is 19.2 Å². The van der Waals surface area contributed by atoms with Crippen LogP contribution in [0.4, 0.5) is 11.6 Å². The first kappa shape index (κ1) is 18.9. The molecule has 1 unspecified atom stereocenters. The third kappa shape index (κ3) is 3.11. The van der Waals surface area contributed by atoms with Gasteiger partial charge in [-0.25, -0.2) is 4.79 Å². The van der Waals surface area contributed by atoms with Crippen LogP contribution in [-0.2, 0) is 24.9 Å². The summed E-state index contributed by atoms with van der Waals surface area (Å²) in [7, 11) is 1.48. The van der Waals surface area contributed by atoms with Crippen molar-refractivity contribution in [1.29, 1.82) is 0 Å². The van der Waals surface area contributed by atoms with E-state index in [1.165, 1.54) is 11.6 Å². The van der Waals surface area contributed by atoms with Crippen molar-refractivity contribution in [2.75, 3.05) is 11.4 Å². The van der Waals surface area contributed by atoms with Crippen molar-refractivity contribution >= 4 is 28.8 Å². The lowest BCUT2D eigenvalue weighted by molar-refractivity contribution is -0.305. The topological polar surface area (TPSA) is 125 Å². The molecule has 10 nitrogen and oxygen atoms in total. The van der Waals surface area contributed by atoms with E-state index in [2.05, 4.69) is 4.98 Å². The van der Waals surface area contributed by atoms with Gasteiger partial charge < -0.3 is 24.5 Å². The zero-order valence-corrected chi connectivity index (χ0v) is 16.0. The van der Waals surface area contributed by atoms with Crippen molar-refractivity contribution in [3.63, 3.8) is 0 Å². The second-order valence-electron chi connectivity index (χ2n) is 7.21. The number of carboxylic acids is 1. The Labute approximate surface area is 164 Å². The molecule has 0 spiro atoms. The molecule has 0 saturated carbocycles. The first-order chi connectivity index (χ1) is 13.8. The molecule has 3 aromatic rings. The Kier molecular flexibility index (Phi) is 4.50. The van der Waals surface area contributed by atoms with Crippen LogP contribution in [0.5, 0.6) is 0 Å². The predicted molar refractivity (Wildman–Crippen MR) is 103 cm³/mol. The van der Waals surface area contributed by atoms with E-state index in [1.807, 2.05) is 31.2 Å². The summed E-state index contributed by atoms with van der Waals surface area (Å²) in [5.74, 6) is -0.908. The number of aryl methyl sites for hydroxylation is 2. The molecule has 0 saturated heterocycles. The van der Waals surface area contributed by atoms with Gasteiger partial charge in [0.15, 0.2) is 11.2 Å². The molecule has 29 heavy (non-hydrogen) atoms. The molecule has 10 heteroatoms. The highest BCUT2D eigenvalue weighted by Crippen LogP contribution is 2.31. The van der Waals surface area contributed by atoms with Crippen LogP contribution >= 0.6 is 0 Å².